The molecule has 0 bridgehead atoms. The van der Waals surface area contributed by atoms with Gasteiger partial charge in [0.1, 0.15) is 0 Å². The quantitative estimate of drug-likeness (QED) is 0.582. The lowest BCUT2D eigenvalue weighted by Crippen LogP contribution is -2.22. The molecule has 0 amide bonds. The number of hydrogen-bond donors (Lipinski definition) is 0. The van der Waals surface area contributed by atoms with Crippen molar-refractivity contribution in [1.82, 2.24) is 0 Å². The average molecular weight is 152 g/mol. The van der Waals surface area contributed by atoms with Gasteiger partial charge in [-0.3, -0.25) is 0 Å². The largest absolute Gasteiger partial charge is 0.0651 e. The molecule has 0 heterocycles. The second kappa shape index (κ2) is 2.50. The zero-order valence-electron chi connectivity index (χ0n) is 8.01. The van der Waals surface area contributed by atoms with Crippen LogP contribution in [0.3, 0.4) is 0 Å². The smallest absolute Gasteiger partial charge is 0.0321 e. The summed E-state index contributed by atoms with van der Waals surface area (Å²) in [7, 11) is 0. The Hall–Kier alpha value is 0. The molecule has 2 aliphatic carbocycles. The lowest BCUT2D eigenvalue weighted by Gasteiger charge is -2.30. The molecule has 5 unspecified atom stereocenters. The minimum atomic E-state index is 1.01. The van der Waals surface area contributed by atoms with E-state index in [1.165, 1.54) is 24.7 Å². The first-order chi connectivity index (χ1) is 5.29. The molecule has 2 fully saturated rings. The van der Waals surface area contributed by atoms with E-state index in [4.69, 9.17) is 0 Å². The van der Waals surface area contributed by atoms with E-state index in [0.717, 1.165) is 17.8 Å². The highest BCUT2D eigenvalue weighted by molar-refractivity contribution is 5.10. The first-order valence-electron chi connectivity index (χ1n) is 5.29. The molecule has 64 valence electrons. The third-order valence-electron chi connectivity index (χ3n) is 4.28. The van der Waals surface area contributed by atoms with Gasteiger partial charge >= 0.3 is 0 Å². The molecule has 2 aliphatic rings. The first kappa shape index (κ1) is 7.64. The third-order valence-corrected chi connectivity index (χ3v) is 4.28. The van der Waals surface area contributed by atoms with Crippen LogP contribution >= 0.6 is 0 Å². The summed E-state index contributed by atoms with van der Waals surface area (Å²) in [4.78, 5) is 0. The maximum atomic E-state index is 2.44. The lowest BCUT2D eigenvalue weighted by molar-refractivity contribution is 0.194. The van der Waals surface area contributed by atoms with Gasteiger partial charge in [0, 0.05) is 0 Å². The van der Waals surface area contributed by atoms with Crippen molar-refractivity contribution in [2.24, 2.45) is 29.6 Å². The van der Waals surface area contributed by atoms with E-state index in [-0.39, 0.29) is 0 Å². The van der Waals surface area contributed by atoms with Crippen LogP contribution in [0.5, 0.6) is 0 Å². The second-order valence-corrected chi connectivity index (χ2v) is 4.60. The SMILES string of the molecule is CCC(C)C1CC2C(CC)C12. The van der Waals surface area contributed by atoms with Crippen LogP contribution in [-0.2, 0) is 0 Å². The van der Waals surface area contributed by atoms with E-state index in [9.17, 15) is 0 Å². The van der Waals surface area contributed by atoms with Gasteiger partial charge < -0.3 is 0 Å². The molecule has 11 heavy (non-hydrogen) atoms. The Balaban J connectivity index is 1.84. The molecule has 0 nitrogen and oxygen atoms in total. The fourth-order valence-electron chi connectivity index (χ4n) is 3.21. The average Bonchev–Trinajstić information content (AvgIpc) is 2.54. The van der Waals surface area contributed by atoms with Crippen LogP contribution in [0.2, 0.25) is 0 Å². The molecule has 0 aromatic heterocycles. The zero-order valence-corrected chi connectivity index (χ0v) is 8.01. The van der Waals surface area contributed by atoms with E-state index < -0.39 is 0 Å². The highest BCUT2D eigenvalue weighted by Crippen LogP contribution is 2.68. The van der Waals surface area contributed by atoms with Gasteiger partial charge in [0.2, 0.25) is 0 Å². The Bertz CT molecular complexity index is 150. The maximum absolute atomic E-state index is 2.44. The summed E-state index contributed by atoms with van der Waals surface area (Å²) in [5.74, 6) is 5.63. The molecule has 0 radical (unpaired) electrons. The van der Waals surface area contributed by atoms with E-state index in [2.05, 4.69) is 20.8 Å². The van der Waals surface area contributed by atoms with Crippen molar-refractivity contribution in [3.05, 3.63) is 0 Å². The van der Waals surface area contributed by atoms with Crippen LogP contribution < -0.4 is 0 Å². The summed E-state index contributed by atoms with van der Waals surface area (Å²) in [5, 5.41) is 0. The fraction of sp³-hybridized carbons (Fsp3) is 1.00. The van der Waals surface area contributed by atoms with Crippen molar-refractivity contribution in [2.75, 3.05) is 0 Å². The summed E-state index contributed by atoms with van der Waals surface area (Å²) in [6, 6.07) is 0. The van der Waals surface area contributed by atoms with Gasteiger partial charge in [0.05, 0.1) is 0 Å². The van der Waals surface area contributed by atoms with E-state index in [1.807, 2.05) is 0 Å². The molecule has 2 saturated carbocycles. The normalized spacial score (nSPS) is 49.4. The van der Waals surface area contributed by atoms with Crippen molar-refractivity contribution in [1.29, 1.82) is 0 Å². The van der Waals surface area contributed by atoms with Gasteiger partial charge in [-0.15, -0.1) is 0 Å². The Morgan fingerprint density at radius 1 is 1.36 bits per heavy atom. The molecule has 2 rings (SSSR count). The van der Waals surface area contributed by atoms with Gasteiger partial charge in [-0.1, -0.05) is 33.6 Å². The number of fused-ring (bicyclic) bond motifs is 1. The van der Waals surface area contributed by atoms with Gasteiger partial charge in [0.15, 0.2) is 0 Å². The topological polar surface area (TPSA) is 0 Å². The van der Waals surface area contributed by atoms with Gasteiger partial charge in [-0.05, 0) is 36.0 Å². The predicted octanol–water partition coefficient (Wildman–Crippen LogP) is 3.32. The molecule has 5 atom stereocenters. The molecule has 0 spiro atoms. The van der Waals surface area contributed by atoms with Crippen LogP contribution in [0, 0.1) is 29.6 Å². The van der Waals surface area contributed by atoms with Crippen molar-refractivity contribution >= 4 is 0 Å². The van der Waals surface area contributed by atoms with E-state index >= 15 is 0 Å². The Morgan fingerprint density at radius 2 is 2.09 bits per heavy atom. The Labute approximate surface area is 70.4 Å². The fourth-order valence-corrected chi connectivity index (χ4v) is 3.21. The maximum Gasteiger partial charge on any atom is -0.0321 e. The van der Waals surface area contributed by atoms with Gasteiger partial charge in [-0.2, -0.15) is 0 Å². The Morgan fingerprint density at radius 3 is 2.55 bits per heavy atom. The number of hydrogen-bond acceptors (Lipinski definition) is 0. The molecule has 0 saturated heterocycles. The molecule has 0 aliphatic heterocycles. The molecule has 0 aromatic carbocycles. The van der Waals surface area contributed by atoms with Crippen LogP contribution in [0.15, 0.2) is 0 Å². The monoisotopic (exact) mass is 152 g/mol. The van der Waals surface area contributed by atoms with Crippen LogP contribution in [0.4, 0.5) is 0 Å². The molecular weight excluding hydrogens is 132 g/mol. The first-order valence-corrected chi connectivity index (χ1v) is 5.29. The summed E-state index contributed by atoms with van der Waals surface area (Å²) >= 11 is 0. The number of rotatable bonds is 3. The highest BCUT2D eigenvalue weighted by atomic mass is 14.7. The van der Waals surface area contributed by atoms with Crippen molar-refractivity contribution in [3.63, 3.8) is 0 Å². The summed E-state index contributed by atoms with van der Waals surface area (Å²) < 4.78 is 0. The second-order valence-electron chi connectivity index (χ2n) is 4.60. The molecule has 0 N–H and O–H groups in total. The third kappa shape index (κ3) is 0.947. The van der Waals surface area contributed by atoms with Gasteiger partial charge in [0.25, 0.3) is 0 Å². The van der Waals surface area contributed by atoms with Crippen molar-refractivity contribution in [2.45, 2.75) is 40.0 Å². The summed E-state index contributed by atoms with van der Waals surface area (Å²) in [5.41, 5.74) is 0. The van der Waals surface area contributed by atoms with E-state index in [0.29, 0.717) is 0 Å². The van der Waals surface area contributed by atoms with Crippen molar-refractivity contribution in [3.8, 4) is 0 Å². The predicted molar refractivity (Wildman–Crippen MR) is 48.3 cm³/mol. The minimum Gasteiger partial charge on any atom is -0.0651 e. The Kier molecular flexibility index (Phi) is 1.74. The summed E-state index contributed by atoms with van der Waals surface area (Å²) in [6.45, 7) is 7.13. The lowest BCUT2D eigenvalue weighted by atomic mass is 9.76. The molecule has 0 aromatic rings. The van der Waals surface area contributed by atoms with E-state index in [1.54, 1.807) is 6.42 Å². The summed E-state index contributed by atoms with van der Waals surface area (Å²) in [6.07, 6.45) is 4.41. The standard InChI is InChI=1S/C11H20/c1-4-7(3)9-6-10-8(5-2)11(9)10/h7-11H,4-6H2,1-3H3. The van der Waals surface area contributed by atoms with Crippen LogP contribution in [0.1, 0.15) is 40.0 Å². The molecular formula is C11H20. The van der Waals surface area contributed by atoms with Crippen molar-refractivity contribution < 1.29 is 0 Å². The minimum absolute atomic E-state index is 1.01. The zero-order chi connectivity index (χ0) is 8.01. The van der Waals surface area contributed by atoms with Gasteiger partial charge in [-0.25, -0.2) is 0 Å². The van der Waals surface area contributed by atoms with Crippen LogP contribution in [-0.4, -0.2) is 0 Å². The van der Waals surface area contributed by atoms with Crippen LogP contribution in [0.25, 0.3) is 0 Å². The molecule has 0 heteroatoms. The highest BCUT2D eigenvalue weighted by Gasteiger charge is 2.61.